The summed E-state index contributed by atoms with van der Waals surface area (Å²) in [6.07, 6.45) is 0.875. The van der Waals surface area contributed by atoms with E-state index in [-0.39, 0.29) is 10.8 Å². The molecule has 1 N–H and O–H groups in total. The van der Waals surface area contributed by atoms with Crippen LogP contribution in [0.25, 0.3) is 0 Å². The molecule has 0 radical (unpaired) electrons. The van der Waals surface area contributed by atoms with E-state index in [1.165, 1.54) is 9.87 Å². The summed E-state index contributed by atoms with van der Waals surface area (Å²) in [5.41, 5.74) is 2.18. The number of nitrogens with zero attached hydrogens (tertiary/aromatic N) is 1. The Morgan fingerprint density at radius 1 is 1.06 bits per heavy atom. The third kappa shape index (κ3) is 6.79. The second-order valence-electron chi connectivity index (χ2n) is 8.08. The Kier molecular flexibility index (Phi) is 8.67. The molecule has 0 unspecified atom stereocenters. The number of hydrogen-bond donors (Lipinski definition) is 1. The van der Waals surface area contributed by atoms with Crippen molar-refractivity contribution in [3.63, 3.8) is 0 Å². The number of morpholine rings is 1. The molecular weight excluding hydrogens is 428 g/mol. The highest BCUT2D eigenvalue weighted by Crippen LogP contribution is 2.19. The lowest BCUT2D eigenvalue weighted by Gasteiger charge is -2.26. The molecule has 0 aromatic heterocycles. The largest absolute Gasteiger partial charge is 0.492 e. The number of rotatable bonds is 10. The van der Waals surface area contributed by atoms with E-state index in [0.29, 0.717) is 58.2 Å². The standard InChI is InChI=1S/C24H32N2O5S/c1-19(2)21-6-8-22(9-7-21)31-16-13-25-24(27)12-5-20-3-10-23(11-4-20)32(28,29)26-14-17-30-18-15-26/h3-4,6-11,19H,5,12-18H2,1-2H3,(H,25,27). The Bertz CT molecular complexity index is 966. The van der Waals surface area contributed by atoms with Gasteiger partial charge in [-0.15, -0.1) is 0 Å². The molecule has 1 heterocycles. The molecule has 2 aromatic rings. The molecule has 32 heavy (non-hydrogen) atoms. The number of carbonyl (C=O) groups excluding carboxylic acids is 1. The molecular formula is C24H32N2O5S. The van der Waals surface area contributed by atoms with Gasteiger partial charge in [0, 0.05) is 19.5 Å². The first-order valence-corrected chi connectivity index (χ1v) is 12.5. The maximum atomic E-state index is 12.7. The van der Waals surface area contributed by atoms with Crippen LogP contribution in [-0.2, 0) is 26.0 Å². The van der Waals surface area contributed by atoms with Crippen LogP contribution < -0.4 is 10.1 Å². The lowest BCUT2D eigenvalue weighted by atomic mass is 10.0. The fraction of sp³-hybridized carbons (Fsp3) is 0.458. The Morgan fingerprint density at radius 3 is 2.34 bits per heavy atom. The van der Waals surface area contributed by atoms with Gasteiger partial charge in [-0.05, 0) is 47.7 Å². The summed E-state index contributed by atoms with van der Waals surface area (Å²) in [7, 11) is -3.49. The number of nitrogens with one attached hydrogen (secondary N) is 1. The number of aryl methyl sites for hydroxylation is 1. The molecule has 1 aliphatic rings. The maximum absolute atomic E-state index is 12.7. The van der Waals surface area contributed by atoms with Crippen LogP contribution in [0.4, 0.5) is 0 Å². The second-order valence-corrected chi connectivity index (χ2v) is 10.0. The van der Waals surface area contributed by atoms with Crippen molar-refractivity contribution < 1.29 is 22.7 Å². The smallest absolute Gasteiger partial charge is 0.243 e. The van der Waals surface area contributed by atoms with E-state index < -0.39 is 10.0 Å². The first-order chi connectivity index (χ1) is 15.4. The zero-order valence-electron chi connectivity index (χ0n) is 18.7. The van der Waals surface area contributed by atoms with Gasteiger partial charge in [0.2, 0.25) is 15.9 Å². The van der Waals surface area contributed by atoms with Crippen molar-refractivity contribution in [1.82, 2.24) is 9.62 Å². The van der Waals surface area contributed by atoms with E-state index in [4.69, 9.17) is 9.47 Å². The van der Waals surface area contributed by atoms with Crippen molar-refractivity contribution in [3.05, 3.63) is 59.7 Å². The van der Waals surface area contributed by atoms with Gasteiger partial charge in [0.1, 0.15) is 12.4 Å². The normalized spacial score (nSPS) is 15.0. The fourth-order valence-corrected chi connectivity index (χ4v) is 4.83. The number of benzene rings is 2. The molecule has 1 aliphatic heterocycles. The fourth-order valence-electron chi connectivity index (χ4n) is 3.42. The number of carbonyl (C=O) groups is 1. The Labute approximate surface area is 190 Å². The van der Waals surface area contributed by atoms with E-state index in [0.717, 1.165) is 11.3 Å². The Morgan fingerprint density at radius 2 is 1.72 bits per heavy atom. The molecule has 7 nitrogen and oxygen atoms in total. The quantitative estimate of drug-likeness (QED) is 0.551. The molecule has 0 spiro atoms. The molecule has 1 saturated heterocycles. The highest BCUT2D eigenvalue weighted by atomic mass is 32.2. The third-order valence-electron chi connectivity index (χ3n) is 5.41. The predicted octanol–water partition coefficient (Wildman–Crippen LogP) is 2.96. The SMILES string of the molecule is CC(C)c1ccc(OCCNC(=O)CCc2ccc(S(=O)(=O)N3CCOCC3)cc2)cc1. The number of sulfonamides is 1. The lowest BCUT2D eigenvalue weighted by Crippen LogP contribution is -2.40. The molecule has 0 aliphatic carbocycles. The third-order valence-corrected chi connectivity index (χ3v) is 7.32. The van der Waals surface area contributed by atoms with Gasteiger partial charge in [-0.2, -0.15) is 4.31 Å². The van der Waals surface area contributed by atoms with E-state index >= 15 is 0 Å². The molecule has 2 aromatic carbocycles. The molecule has 3 rings (SSSR count). The van der Waals surface area contributed by atoms with Crippen LogP contribution >= 0.6 is 0 Å². The summed E-state index contributed by atoms with van der Waals surface area (Å²) in [6.45, 7) is 6.71. The van der Waals surface area contributed by atoms with E-state index in [9.17, 15) is 13.2 Å². The predicted molar refractivity (Wildman–Crippen MR) is 123 cm³/mol. The van der Waals surface area contributed by atoms with Crippen LogP contribution in [0, 0.1) is 0 Å². The summed E-state index contributed by atoms with van der Waals surface area (Å²) in [6, 6.07) is 14.7. The zero-order valence-corrected chi connectivity index (χ0v) is 19.6. The topological polar surface area (TPSA) is 84.9 Å². The van der Waals surface area contributed by atoms with Gasteiger partial charge < -0.3 is 14.8 Å². The molecule has 0 atom stereocenters. The molecule has 174 valence electrons. The monoisotopic (exact) mass is 460 g/mol. The molecule has 0 bridgehead atoms. The maximum Gasteiger partial charge on any atom is 0.243 e. The summed E-state index contributed by atoms with van der Waals surface area (Å²) in [4.78, 5) is 12.4. The molecule has 1 amide bonds. The highest BCUT2D eigenvalue weighted by molar-refractivity contribution is 7.89. The van der Waals surface area contributed by atoms with Crippen LogP contribution in [0.5, 0.6) is 5.75 Å². The van der Waals surface area contributed by atoms with Gasteiger partial charge in [0.15, 0.2) is 0 Å². The summed E-state index contributed by atoms with van der Waals surface area (Å²) in [5.74, 6) is 1.21. The van der Waals surface area contributed by atoms with Gasteiger partial charge in [-0.25, -0.2) is 8.42 Å². The average molecular weight is 461 g/mol. The van der Waals surface area contributed by atoms with Gasteiger partial charge in [-0.3, -0.25) is 4.79 Å². The minimum atomic E-state index is -3.49. The van der Waals surface area contributed by atoms with E-state index in [2.05, 4.69) is 31.3 Å². The lowest BCUT2D eigenvalue weighted by molar-refractivity contribution is -0.121. The van der Waals surface area contributed by atoms with Crippen LogP contribution in [-0.4, -0.2) is 58.1 Å². The van der Waals surface area contributed by atoms with Crippen molar-refractivity contribution in [2.24, 2.45) is 0 Å². The minimum Gasteiger partial charge on any atom is -0.492 e. The first-order valence-electron chi connectivity index (χ1n) is 11.0. The summed E-state index contributed by atoms with van der Waals surface area (Å²) < 4.78 is 37.6. The summed E-state index contributed by atoms with van der Waals surface area (Å²) in [5, 5.41) is 2.85. The van der Waals surface area contributed by atoms with Crippen molar-refractivity contribution in [2.45, 2.75) is 37.5 Å². The number of ether oxygens (including phenoxy) is 2. The van der Waals surface area contributed by atoms with Crippen molar-refractivity contribution in [2.75, 3.05) is 39.5 Å². The van der Waals surface area contributed by atoms with Crippen LogP contribution in [0.1, 0.15) is 37.3 Å². The van der Waals surface area contributed by atoms with Crippen molar-refractivity contribution in [1.29, 1.82) is 0 Å². The van der Waals surface area contributed by atoms with Gasteiger partial charge in [0.25, 0.3) is 0 Å². The average Bonchev–Trinajstić information content (AvgIpc) is 2.81. The first kappa shape index (κ1) is 24.2. The van der Waals surface area contributed by atoms with Crippen LogP contribution in [0.15, 0.2) is 53.4 Å². The number of hydrogen-bond acceptors (Lipinski definition) is 5. The highest BCUT2D eigenvalue weighted by Gasteiger charge is 2.26. The van der Waals surface area contributed by atoms with E-state index in [1.807, 2.05) is 12.1 Å². The molecule has 0 saturated carbocycles. The second kappa shape index (κ2) is 11.4. The van der Waals surface area contributed by atoms with Gasteiger partial charge in [-0.1, -0.05) is 38.1 Å². The Hall–Kier alpha value is -2.42. The van der Waals surface area contributed by atoms with Crippen LogP contribution in [0.3, 0.4) is 0 Å². The van der Waals surface area contributed by atoms with Crippen molar-refractivity contribution in [3.8, 4) is 5.75 Å². The van der Waals surface area contributed by atoms with Crippen LogP contribution in [0.2, 0.25) is 0 Å². The number of amides is 1. The minimum absolute atomic E-state index is 0.0613. The zero-order chi connectivity index (χ0) is 23.0. The molecule has 8 heteroatoms. The van der Waals surface area contributed by atoms with Gasteiger partial charge >= 0.3 is 0 Å². The van der Waals surface area contributed by atoms with Crippen molar-refractivity contribution >= 4 is 15.9 Å². The molecule has 1 fully saturated rings. The van der Waals surface area contributed by atoms with Gasteiger partial charge in [0.05, 0.1) is 24.7 Å². The summed E-state index contributed by atoms with van der Waals surface area (Å²) >= 11 is 0. The Balaban J connectivity index is 1.38. The van der Waals surface area contributed by atoms with E-state index in [1.54, 1.807) is 24.3 Å².